The van der Waals surface area contributed by atoms with Crippen molar-refractivity contribution in [3.8, 4) is 5.75 Å². The lowest BCUT2D eigenvalue weighted by Gasteiger charge is -2.27. The summed E-state index contributed by atoms with van der Waals surface area (Å²) in [6.07, 6.45) is 3.31. The van der Waals surface area contributed by atoms with Crippen molar-refractivity contribution in [2.45, 2.75) is 32.4 Å². The maximum Gasteiger partial charge on any atom is 0.387 e. The van der Waals surface area contributed by atoms with Crippen LogP contribution < -0.4 is 10.1 Å². The fraction of sp³-hybridized carbons (Fsp3) is 0.611. The highest BCUT2D eigenvalue weighted by Gasteiger charge is 2.16. The molecule has 5 nitrogen and oxygen atoms in total. The topological polar surface area (TPSA) is 46.1 Å². The van der Waals surface area contributed by atoms with Gasteiger partial charge in [0.2, 0.25) is 0 Å². The quantitative estimate of drug-likeness (QED) is 0.365. The first-order valence-corrected chi connectivity index (χ1v) is 8.62. The van der Waals surface area contributed by atoms with Crippen molar-refractivity contribution >= 4 is 29.9 Å². The first-order valence-electron chi connectivity index (χ1n) is 8.62. The Morgan fingerprint density at radius 2 is 2.04 bits per heavy atom. The van der Waals surface area contributed by atoms with Crippen molar-refractivity contribution in [2.75, 3.05) is 33.9 Å². The second-order valence-corrected chi connectivity index (χ2v) is 6.15. The molecular weight excluding hydrogens is 455 g/mol. The van der Waals surface area contributed by atoms with Crippen LogP contribution in [0.5, 0.6) is 5.75 Å². The summed E-state index contributed by atoms with van der Waals surface area (Å²) in [5, 5.41) is 3.21. The number of hydrogen-bond acceptors (Lipinski definition) is 3. The Hall–Kier alpha value is -1.16. The second kappa shape index (κ2) is 12.3. The summed E-state index contributed by atoms with van der Waals surface area (Å²) in [6, 6.07) is 6.78. The third-order valence-electron chi connectivity index (χ3n) is 4.41. The van der Waals surface area contributed by atoms with Gasteiger partial charge in [0, 0.05) is 46.0 Å². The van der Waals surface area contributed by atoms with Crippen LogP contribution in [0.1, 0.15) is 24.8 Å². The van der Waals surface area contributed by atoms with E-state index >= 15 is 0 Å². The third-order valence-corrected chi connectivity index (χ3v) is 4.41. The molecule has 0 aliphatic carbocycles. The molecule has 0 saturated carbocycles. The Balaban J connectivity index is 0.00000338. The molecule has 1 N–H and O–H groups in total. The SMILES string of the molecule is CN=C(NCc1ccccc1OC(F)F)N(C)CCC1CCOCC1.I. The first-order chi connectivity index (χ1) is 12.1. The maximum absolute atomic E-state index is 12.5. The van der Waals surface area contributed by atoms with Crippen LogP contribution >= 0.6 is 24.0 Å². The van der Waals surface area contributed by atoms with Gasteiger partial charge >= 0.3 is 6.61 Å². The van der Waals surface area contributed by atoms with E-state index < -0.39 is 6.61 Å². The van der Waals surface area contributed by atoms with Crippen LogP contribution in [0.4, 0.5) is 8.78 Å². The van der Waals surface area contributed by atoms with Crippen molar-refractivity contribution in [3.63, 3.8) is 0 Å². The van der Waals surface area contributed by atoms with Crippen LogP contribution in [0.2, 0.25) is 0 Å². The Kier molecular flexibility index (Phi) is 10.8. The zero-order valence-electron chi connectivity index (χ0n) is 15.3. The van der Waals surface area contributed by atoms with Crippen molar-refractivity contribution in [1.82, 2.24) is 10.2 Å². The van der Waals surface area contributed by atoms with Gasteiger partial charge in [-0.05, 0) is 31.2 Å². The summed E-state index contributed by atoms with van der Waals surface area (Å²) < 4.78 is 34.9. The number of benzene rings is 1. The van der Waals surface area contributed by atoms with E-state index in [0.717, 1.165) is 45.0 Å². The minimum absolute atomic E-state index is 0. The fourth-order valence-corrected chi connectivity index (χ4v) is 2.94. The number of nitrogens with one attached hydrogen (secondary N) is 1. The monoisotopic (exact) mass is 483 g/mol. The maximum atomic E-state index is 12.5. The average molecular weight is 483 g/mol. The third kappa shape index (κ3) is 7.61. The predicted molar refractivity (Wildman–Crippen MR) is 109 cm³/mol. The van der Waals surface area contributed by atoms with Crippen LogP contribution in [-0.2, 0) is 11.3 Å². The van der Waals surface area contributed by atoms with Gasteiger partial charge in [-0.25, -0.2) is 0 Å². The van der Waals surface area contributed by atoms with E-state index in [1.807, 2.05) is 7.05 Å². The number of para-hydroxylation sites is 1. The summed E-state index contributed by atoms with van der Waals surface area (Å²) in [5.41, 5.74) is 0.668. The van der Waals surface area contributed by atoms with Gasteiger partial charge < -0.3 is 19.7 Å². The van der Waals surface area contributed by atoms with Gasteiger partial charge in [-0.2, -0.15) is 8.78 Å². The second-order valence-electron chi connectivity index (χ2n) is 6.15. The minimum atomic E-state index is -2.83. The highest BCUT2D eigenvalue weighted by Crippen LogP contribution is 2.20. The molecule has 1 saturated heterocycles. The number of rotatable bonds is 7. The Bertz CT molecular complexity index is 555. The molecule has 0 atom stereocenters. The normalized spacial score (nSPS) is 15.5. The number of nitrogens with zero attached hydrogens (tertiary/aromatic N) is 2. The van der Waals surface area contributed by atoms with E-state index in [2.05, 4.69) is 19.9 Å². The molecule has 1 aliphatic heterocycles. The summed E-state index contributed by atoms with van der Waals surface area (Å²) >= 11 is 0. The van der Waals surface area contributed by atoms with Gasteiger partial charge in [0.15, 0.2) is 5.96 Å². The molecule has 0 amide bonds. The predicted octanol–water partition coefficient (Wildman–Crippen LogP) is 3.73. The molecule has 0 radical (unpaired) electrons. The zero-order chi connectivity index (χ0) is 18.1. The van der Waals surface area contributed by atoms with Crippen LogP contribution in [0.15, 0.2) is 29.3 Å². The molecule has 148 valence electrons. The number of hydrogen-bond donors (Lipinski definition) is 1. The highest BCUT2D eigenvalue weighted by atomic mass is 127. The van der Waals surface area contributed by atoms with Gasteiger partial charge in [-0.3, -0.25) is 4.99 Å². The van der Waals surface area contributed by atoms with E-state index in [4.69, 9.17) is 4.74 Å². The molecule has 8 heteroatoms. The Morgan fingerprint density at radius 1 is 1.35 bits per heavy atom. The number of halogens is 3. The van der Waals surface area contributed by atoms with Gasteiger partial charge in [-0.15, -0.1) is 24.0 Å². The molecule has 0 spiro atoms. The summed E-state index contributed by atoms with van der Waals surface area (Å²) in [5.74, 6) is 1.61. The number of alkyl halides is 2. The van der Waals surface area contributed by atoms with Crippen LogP contribution in [0, 0.1) is 5.92 Å². The molecule has 26 heavy (non-hydrogen) atoms. The van der Waals surface area contributed by atoms with Gasteiger partial charge in [0.1, 0.15) is 5.75 Å². The summed E-state index contributed by atoms with van der Waals surface area (Å²) in [4.78, 5) is 6.34. The number of guanidine groups is 1. The lowest BCUT2D eigenvalue weighted by Crippen LogP contribution is -2.39. The smallest absolute Gasteiger partial charge is 0.387 e. The lowest BCUT2D eigenvalue weighted by molar-refractivity contribution is -0.0504. The van der Waals surface area contributed by atoms with Crippen molar-refractivity contribution in [1.29, 1.82) is 0 Å². The van der Waals surface area contributed by atoms with Gasteiger partial charge in [-0.1, -0.05) is 18.2 Å². The van der Waals surface area contributed by atoms with Crippen LogP contribution in [-0.4, -0.2) is 51.3 Å². The molecule has 1 aliphatic rings. The van der Waals surface area contributed by atoms with Crippen molar-refractivity contribution in [2.24, 2.45) is 10.9 Å². The zero-order valence-corrected chi connectivity index (χ0v) is 17.6. The number of ether oxygens (including phenoxy) is 2. The molecule has 1 aromatic rings. The van der Waals surface area contributed by atoms with Gasteiger partial charge in [0.25, 0.3) is 0 Å². The van der Waals surface area contributed by atoms with Gasteiger partial charge in [0.05, 0.1) is 0 Å². The Labute approximate surface area is 171 Å². The summed E-state index contributed by atoms with van der Waals surface area (Å²) in [6.45, 7) is 0.129. The summed E-state index contributed by atoms with van der Waals surface area (Å²) in [7, 11) is 3.70. The lowest BCUT2D eigenvalue weighted by atomic mass is 9.96. The molecule has 1 fully saturated rings. The molecule has 0 bridgehead atoms. The molecule has 1 heterocycles. The molecule has 2 rings (SSSR count). The minimum Gasteiger partial charge on any atom is -0.434 e. The number of aliphatic imine (C=N–C) groups is 1. The fourth-order valence-electron chi connectivity index (χ4n) is 2.94. The molecule has 0 aromatic heterocycles. The van der Waals surface area contributed by atoms with E-state index in [-0.39, 0.29) is 29.7 Å². The molecule has 1 aromatic carbocycles. The van der Waals surface area contributed by atoms with E-state index in [0.29, 0.717) is 18.0 Å². The van der Waals surface area contributed by atoms with Crippen molar-refractivity contribution < 1.29 is 18.3 Å². The van der Waals surface area contributed by atoms with Crippen LogP contribution in [0.3, 0.4) is 0 Å². The molecular formula is C18H28F2IN3O2. The van der Waals surface area contributed by atoms with Crippen LogP contribution in [0.25, 0.3) is 0 Å². The standard InChI is InChI=1S/C18H27F2N3O2.HI/c1-21-18(23(2)10-7-14-8-11-24-12-9-14)22-13-15-5-3-4-6-16(15)25-17(19)20;/h3-6,14,17H,7-13H2,1-2H3,(H,21,22);1H. The molecule has 0 unspecified atom stereocenters. The highest BCUT2D eigenvalue weighted by molar-refractivity contribution is 14.0. The van der Waals surface area contributed by atoms with E-state index in [1.165, 1.54) is 0 Å². The van der Waals surface area contributed by atoms with E-state index in [1.54, 1.807) is 31.3 Å². The average Bonchev–Trinajstić information content (AvgIpc) is 2.62. The Morgan fingerprint density at radius 3 is 2.69 bits per heavy atom. The van der Waals surface area contributed by atoms with Crippen molar-refractivity contribution in [3.05, 3.63) is 29.8 Å². The van der Waals surface area contributed by atoms with E-state index in [9.17, 15) is 8.78 Å². The largest absolute Gasteiger partial charge is 0.434 e. The first kappa shape index (κ1) is 22.9.